The first-order valence-corrected chi connectivity index (χ1v) is 9.47. The molecular weight excluding hydrogens is 408 g/mol. The Hall–Kier alpha value is -4.20. The molecule has 4 N–H and O–H groups in total. The fraction of sp³-hybridized carbons (Fsp3) is 0.294. The summed E-state index contributed by atoms with van der Waals surface area (Å²) in [6.07, 6.45) is 3.50. The molecule has 4 rings (SSSR count). The van der Waals surface area contributed by atoms with Gasteiger partial charge in [0.05, 0.1) is 24.2 Å². The van der Waals surface area contributed by atoms with E-state index < -0.39 is 10.8 Å². The van der Waals surface area contributed by atoms with Crippen molar-refractivity contribution in [1.82, 2.24) is 30.7 Å². The predicted octanol–water partition coefficient (Wildman–Crippen LogP) is -0.917. The number of likely N-dealkylation sites (tertiary alicyclic amines) is 1. The van der Waals surface area contributed by atoms with Crippen LogP contribution in [0.15, 0.2) is 34.0 Å². The monoisotopic (exact) mass is 427 g/mol. The molecule has 0 unspecified atom stereocenters. The van der Waals surface area contributed by atoms with Crippen LogP contribution in [-0.2, 0) is 6.54 Å². The Bertz CT molecular complexity index is 1130. The minimum Gasteiger partial charge on any atom is -0.378 e. The molecule has 0 spiro atoms. The maximum absolute atomic E-state index is 12.7. The minimum atomic E-state index is -0.587. The molecular formula is C17H19N10O4+. The second-order valence-electron chi connectivity index (χ2n) is 6.95. The van der Waals surface area contributed by atoms with Crippen molar-refractivity contribution < 1.29 is 19.2 Å². The molecule has 1 fully saturated rings. The lowest BCUT2D eigenvalue weighted by Gasteiger charge is -2.12. The SMILES string of the molecule is Nc1nonc1-n1nnc(C(=O)NN=Cc2cccc([N+](=O)[O-])c2)c1C[NH+]1CCCC1. The van der Waals surface area contributed by atoms with Crippen molar-refractivity contribution in [2.75, 3.05) is 18.8 Å². The van der Waals surface area contributed by atoms with E-state index in [1.165, 1.54) is 34.0 Å². The summed E-state index contributed by atoms with van der Waals surface area (Å²) in [5, 5.41) is 30.0. The Labute approximate surface area is 174 Å². The summed E-state index contributed by atoms with van der Waals surface area (Å²) in [4.78, 5) is 24.4. The van der Waals surface area contributed by atoms with Crippen LogP contribution in [0.5, 0.6) is 0 Å². The molecule has 160 valence electrons. The molecule has 31 heavy (non-hydrogen) atoms. The number of benzene rings is 1. The van der Waals surface area contributed by atoms with Crippen molar-refractivity contribution in [3.63, 3.8) is 0 Å². The van der Waals surface area contributed by atoms with Crippen LogP contribution < -0.4 is 16.1 Å². The second kappa shape index (κ2) is 8.66. The second-order valence-corrected chi connectivity index (χ2v) is 6.95. The Morgan fingerprint density at radius 3 is 2.90 bits per heavy atom. The van der Waals surface area contributed by atoms with Gasteiger partial charge in [-0.3, -0.25) is 14.9 Å². The van der Waals surface area contributed by atoms with E-state index in [-0.39, 0.29) is 23.0 Å². The molecule has 1 saturated heterocycles. The smallest absolute Gasteiger partial charge is 0.294 e. The Morgan fingerprint density at radius 2 is 2.19 bits per heavy atom. The standard InChI is InChI=1S/C17H18N10O4/c18-15-16(23-31-22-15)26-13(10-25-6-1-2-7-25)14(20-24-26)17(28)21-19-9-11-4-3-5-12(8-11)27(29)30/h3-5,8-9H,1-2,6-7,10H2,(H2,18,22)(H,21,28)/p+1. The molecule has 14 heteroatoms. The van der Waals surface area contributed by atoms with Crippen molar-refractivity contribution in [2.24, 2.45) is 5.10 Å². The van der Waals surface area contributed by atoms with Gasteiger partial charge in [0.25, 0.3) is 11.6 Å². The number of rotatable bonds is 7. The number of hydrazone groups is 1. The average molecular weight is 427 g/mol. The largest absolute Gasteiger partial charge is 0.378 e. The number of hydrogen-bond donors (Lipinski definition) is 3. The van der Waals surface area contributed by atoms with Crippen molar-refractivity contribution >= 4 is 23.6 Å². The quantitative estimate of drug-likeness (QED) is 0.244. The highest BCUT2D eigenvalue weighted by Crippen LogP contribution is 2.15. The van der Waals surface area contributed by atoms with E-state index in [0.717, 1.165) is 25.9 Å². The number of nitro groups is 1. The summed E-state index contributed by atoms with van der Waals surface area (Å²) in [6, 6.07) is 5.86. The number of nitrogens with two attached hydrogens (primary N) is 1. The summed E-state index contributed by atoms with van der Waals surface area (Å²) >= 11 is 0. The molecule has 1 amide bonds. The summed E-state index contributed by atoms with van der Waals surface area (Å²) < 4.78 is 5.99. The Balaban J connectivity index is 1.56. The first-order chi connectivity index (χ1) is 15.0. The van der Waals surface area contributed by atoms with Gasteiger partial charge in [0.2, 0.25) is 11.6 Å². The Kier molecular flexibility index (Phi) is 5.61. The normalized spacial score (nSPS) is 14.3. The van der Waals surface area contributed by atoms with E-state index in [1.54, 1.807) is 6.07 Å². The molecule has 0 radical (unpaired) electrons. The number of hydrogen-bond acceptors (Lipinski definition) is 10. The first-order valence-electron chi connectivity index (χ1n) is 9.47. The average Bonchev–Trinajstić information content (AvgIpc) is 3.50. The summed E-state index contributed by atoms with van der Waals surface area (Å²) in [5.74, 6) is -0.407. The van der Waals surface area contributed by atoms with E-state index in [2.05, 4.69) is 35.8 Å². The molecule has 14 nitrogen and oxygen atoms in total. The van der Waals surface area contributed by atoms with Gasteiger partial charge in [0, 0.05) is 30.5 Å². The lowest BCUT2D eigenvalue weighted by atomic mass is 10.2. The zero-order chi connectivity index (χ0) is 21.8. The van der Waals surface area contributed by atoms with E-state index in [1.807, 2.05) is 0 Å². The fourth-order valence-corrected chi connectivity index (χ4v) is 3.37. The molecule has 0 bridgehead atoms. The maximum Gasteiger partial charge on any atom is 0.294 e. The molecule has 1 aliphatic heterocycles. The topological polar surface area (TPSA) is 185 Å². The zero-order valence-corrected chi connectivity index (χ0v) is 16.3. The van der Waals surface area contributed by atoms with Gasteiger partial charge in [0.15, 0.2) is 5.69 Å². The van der Waals surface area contributed by atoms with Gasteiger partial charge in [-0.05, 0) is 10.3 Å². The maximum atomic E-state index is 12.7. The van der Waals surface area contributed by atoms with E-state index >= 15 is 0 Å². The first kappa shape index (κ1) is 20.1. The highest BCUT2D eigenvalue weighted by molar-refractivity contribution is 5.94. The minimum absolute atomic E-state index is 0.0261. The number of aromatic nitrogens is 5. The number of amides is 1. The fourth-order valence-electron chi connectivity index (χ4n) is 3.37. The van der Waals surface area contributed by atoms with Crippen molar-refractivity contribution in [2.45, 2.75) is 19.4 Å². The van der Waals surface area contributed by atoms with Crippen LogP contribution in [0, 0.1) is 10.1 Å². The third-order valence-corrected chi connectivity index (χ3v) is 4.86. The third-order valence-electron chi connectivity index (χ3n) is 4.86. The van der Waals surface area contributed by atoms with E-state index in [0.29, 0.717) is 17.8 Å². The predicted molar refractivity (Wildman–Crippen MR) is 105 cm³/mol. The molecule has 0 saturated carbocycles. The summed E-state index contributed by atoms with van der Waals surface area (Å²) in [6.45, 7) is 2.41. The van der Waals surface area contributed by atoms with Crippen LogP contribution in [0.3, 0.4) is 0 Å². The highest BCUT2D eigenvalue weighted by Gasteiger charge is 2.28. The van der Waals surface area contributed by atoms with Crippen LogP contribution in [0.4, 0.5) is 11.5 Å². The molecule has 1 aromatic carbocycles. The van der Waals surface area contributed by atoms with Crippen molar-refractivity contribution in [3.05, 3.63) is 51.3 Å². The van der Waals surface area contributed by atoms with Gasteiger partial charge in [-0.2, -0.15) is 9.78 Å². The van der Waals surface area contributed by atoms with Crippen LogP contribution >= 0.6 is 0 Å². The number of nitrogens with one attached hydrogen (secondary N) is 2. The lowest BCUT2D eigenvalue weighted by Crippen LogP contribution is -3.08. The van der Waals surface area contributed by atoms with Gasteiger partial charge in [-0.15, -0.1) is 5.10 Å². The highest BCUT2D eigenvalue weighted by atomic mass is 16.6. The molecule has 3 heterocycles. The van der Waals surface area contributed by atoms with Crippen LogP contribution in [0.1, 0.15) is 34.6 Å². The number of quaternary nitrogens is 1. The van der Waals surface area contributed by atoms with Crippen molar-refractivity contribution in [3.8, 4) is 5.82 Å². The molecule has 0 atom stereocenters. The number of carbonyl (C=O) groups excluding carboxylic acids is 1. The number of nitro benzene ring substituents is 1. The lowest BCUT2D eigenvalue weighted by molar-refractivity contribution is -0.901. The number of nitrogens with zero attached hydrogens (tertiary/aromatic N) is 7. The van der Waals surface area contributed by atoms with Gasteiger partial charge >= 0.3 is 0 Å². The zero-order valence-electron chi connectivity index (χ0n) is 16.3. The van der Waals surface area contributed by atoms with Gasteiger partial charge < -0.3 is 10.6 Å². The van der Waals surface area contributed by atoms with Gasteiger partial charge in [0.1, 0.15) is 12.2 Å². The molecule has 0 aliphatic carbocycles. The number of nitrogen functional groups attached to an aromatic ring is 1. The van der Waals surface area contributed by atoms with Gasteiger partial charge in [-0.1, -0.05) is 17.3 Å². The third kappa shape index (κ3) is 4.37. The van der Waals surface area contributed by atoms with Crippen LogP contribution in [-0.4, -0.2) is 55.4 Å². The number of non-ortho nitro benzene ring substituents is 1. The molecule has 2 aromatic heterocycles. The molecule has 3 aromatic rings. The molecule has 1 aliphatic rings. The van der Waals surface area contributed by atoms with E-state index in [9.17, 15) is 14.9 Å². The number of carbonyl (C=O) groups is 1. The van der Waals surface area contributed by atoms with E-state index in [4.69, 9.17) is 5.73 Å². The van der Waals surface area contributed by atoms with Crippen molar-refractivity contribution in [1.29, 1.82) is 0 Å². The number of anilines is 1. The van der Waals surface area contributed by atoms with Crippen LogP contribution in [0.2, 0.25) is 0 Å². The van der Waals surface area contributed by atoms with Crippen LogP contribution in [0.25, 0.3) is 5.82 Å². The van der Waals surface area contributed by atoms with Gasteiger partial charge in [-0.25, -0.2) is 10.1 Å². The summed E-state index contributed by atoms with van der Waals surface area (Å²) in [5.41, 5.74) is 9.11. The Morgan fingerprint density at radius 1 is 1.39 bits per heavy atom. The summed E-state index contributed by atoms with van der Waals surface area (Å²) in [7, 11) is 0.